The molecule has 1 fully saturated rings. The van der Waals surface area contributed by atoms with Gasteiger partial charge in [0, 0.05) is 24.0 Å². The van der Waals surface area contributed by atoms with Crippen molar-refractivity contribution in [2.24, 2.45) is 12.0 Å². The molecule has 1 aliphatic rings. The maximum Gasteiger partial charge on any atom is 0.192 e. The number of nitrogens with one attached hydrogen (secondary N) is 2. The zero-order chi connectivity index (χ0) is 19.5. The number of aryl methyl sites for hydroxylation is 2. The molecule has 0 bridgehead atoms. The van der Waals surface area contributed by atoms with Crippen LogP contribution in [0.4, 0.5) is 0 Å². The van der Waals surface area contributed by atoms with Crippen LogP contribution < -0.4 is 10.6 Å². The molecule has 148 valence electrons. The molecule has 7 heteroatoms. The second-order valence-electron chi connectivity index (χ2n) is 7.51. The van der Waals surface area contributed by atoms with Crippen LogP contribution in [0, 0.1) is 13.8 Å². The number of fused-ring (bicyclic) bond motifs is 1. The number of para-hydroxylation sites is 1. The second-order valence-corrected chi connectivity index (χ2v) is 7.51. The molecule has 1 aliphatic carbocycles. The molecule has 0 spiro atoms. The number of benzene rings is 1. The summed E-state index contributed by atoms with van der Waals surface area (Å²) in [7, 11) is 1.97. The lowest BCUT2D eigenvalue weighted by atomic mass is 10.1. The smallest absolute Gasteiger partial charge is 0.192 e. The van der Waals surface area contributed by atoms with Gasteiger partial charge in [0.25, 0.3) is 0 Å². The standard InChI is InChI=1S/C21H28N6O/c1-14-17-10-6-7-11-18(17)28-19(14)12-22-21(24-16-8-4-5-9-16)23-13-20-26-25-15(2)27(20)3/h6-7,10-11,16H,4-5,8-9,12-13H2,1-3H3,(H2,22,23,24). The van der Waals surface area contributed by atoms with Crippen LogP contribution in [0.3, 0.4) is 0 Å². The summed E-state index contributed by atoms with van der Waals surface area (Å²) in [4.78, 5) is 4.76. The minimum absolute atomic E-state index is 0.476. The Bertz CT molecular complexity index is 980. The molecule has 2 heterocycles. The molecule has 3 aromatic rings. The lowest BCUT2D eigenvalue weighted by Gasteiger charge is -2.17. The van der Waals surface area contributed by atoms with E-state index in [9.17, 15) is 0 Å². The van der Waals surface area contributed by atoms with E-state index in [1.807, 2.05) is 36.7 Å². The lowest BCUT2D eigenvalue weighted by molar-refractivity contribution is 0.529. The number of guanidine groups is 1. The first-order chi connectivity index (χ1) is 13.6. The van der Waals surface area contributed by atoms with E-state index >= 15 is 0 Å². The van der Waals surface area contributed by atoms with E-state index in [0.717, 1.165) is 34.3 Å². The van der Waals surface area contributed by atoms with Crippen LogP contribution in [0.15, 0.2) is 33.7 Å². The molecule has 7 nitrogen and oxygen atoms in total. The molecule has 1 saturated carbocycles. The fraction of sp³-hybridized carbons (Fsp3) is 0.476. The summed E-state index contributed by atoms with van der Waals surface area (Å²) in [6.45, 7) is 5.13. The van der Waals surface area contributed by atoms with E-state index < -0.39 is 0 Å². The maximum absolute atomic E-state index is 6.03. The summed E-state index contributed by atoms with van der Waals surface area (Å²) >= 11 is 0. The molecular weight excluding hydrogens is 352 g/mol. The van der Waals surface area contributed by atoms with E-state index in [4.69, 9.17) is 9.41 Å². The molecule has 0 atom stereocenters. The molecule has 4 rings (SSSR count). The second kappa shape index (κ2) is 8.04. The van der Waals surface area contributed by atoms with Gasteiger partial charge in [-0.2, -0.15) is 0 Å². The van der Waals surface area contributed by atoms with Crippen LogP contribution in [0.2, 0.25) is 0 Å². The molecule has 0 amide bonds. The Morgan fingerprint density at radius 2 is 2.00 bits per heavy atom. The Labute approximate surface area is 165 Å². The van der Waals surface area contributed by atoms with E-state index in [2.05, 4.69) is 33.8 Å². The fourth-order valence-electron chi connectivity index (χ4n) is 3.71. The minimum atomic E-state index is 0.476. The lowest BCUT2D eigenvalue weighted by Crippen LogP contribution is -2.42. The van der Waals surface area contributed by atoms with Gasteiger partial charge in [-0.05, 0) is 32.8 Å². The average Bonchev–Trinajstić information content (AvgIpc) is 3.40. The molecule has 0 radical (unpaired) electrons. The van der Waals surface area contributed by atoms with Gasteiger partial charge in [-0.1, -0.05) is 31.0 Å². The summed E-state index contributed by atoms with van der Waals surface area (Å²) in [5.41, 5.74) is 2.10. The van der Waals surface area contributed by atoms with Crippen molar-refractivity contribution in [2.75, 3.05) is 0 Å². The predicted octanol–water partition coefficient (Wildman–Crippen LogP) is 3.36. The van der Waals surface area contributed by atoms with Crippen molar-refractivity contribution in [1.29, 1.82) is 0 Å². The first kappa shape index (κ1) is 18.5. The summed E-state index contributed by atoms with van der Waals surface area (Å²) in [5, 5.41) is 16.5. The van der Waals surface area contributed by atoms with Crippen LogP contribution >= 0.6 is 0 Å². The molecule has 2 aromatic heterocycles. The number of hydrogen-bond acceptors (Lipinski definition) is 4. The van der Waals surface area contributed by atoms with Gasteiger partial charge in [-0.15, -0.1) is 10.2 Å². The molecular formula is C21H28N6O. The molecule has 28 heavy (non-hydrogen) atoms. The Morgan fingerprint density at radius 1 is 1.21 bits per heavy atom. The number of hydrogen-bond donors (Lipinski definition) is 2. The van der Waals surface area contributed by atoms with Crippen LogP contribution in [-0.4, -0.2) is 26.8 Å². The number of rotatable bonds is 5. The van der Waals surface area contributed by atoms with Crippen LogP contribution in [0.1, 0.15) is 48.7 Å². The highest BCUT2D eigenvalue weighted by Crippen LogP contribution is 2.24. The molecule has 0 unspecified atom stereocenters. The normalized spacial score (nSPS) is 15.5. The zero-order valence-corrected chi connectivity index (χ0v) is 16.8. The highest BCUT2D eigenvalue weighted by Gasteiger charge is 2.17. The van der Waals surface area contributed by atoms with E-state index in [1.54, 1.807) is 0 Å². The largest absolute Gasteiger partial charge is 0.459 e. The van der Waals surface area contributed by atoms with E-state index in [0.29, 0.717) is 19.1 Å². The Kier molecular flexibility index (Phi) is 5.32. The Morgan fingerprint density at radius 3 is 2.71 bits per heavy atom. The van der Waals surface area contributed by atoms with Crippen molar-refractivity contribution in [3.63, 3.8) is 0 Å². The highest BCUT2D eigenvalue weighted by molar-refractivity contribution is 5.83. The number of nitrogens with zero attached hydrogens (tertiary/aromatic N) is 4. The van der Waals surface area contributed by atoms with Crippen molar-refractivity contribution in [3.8, 4) is 0 Å². The topological polar surface area (TPSA) is 80.3 Å². The maximum atomic E-state index is 6.03. The van der Waals surface area contributed by atoms with Crippen LogP contribution in [0.25, 0.3) is 11.0 Å². The summed E-state index contributed by atoms with van der Waals surface area (Å²) in [6.07, 6.45) is 4.92. The van der Waals surface area contributed by atoms with Crippen molar-refractivity contribution in [1.82, 2.24) is 25.4 Å². The number of furan rings is 1. The Hall–Kier alpha value is -2.83. The van der Waals surface area contributed by atoms with E-state index in [-0.39, 0.29) is 0 Å². The van der Waals surface area contributed by atoms with Crippen molar-refractivity contribution in [3.05, 3.63) is 47.2 Å². The number of aromatic nitrogens is 3. The summed E-state index contributed by atoms with van der Waals surface area (Å²) in [5.74, 6) is 3.48. The summed E-state index contributed by atoms with van der Waals surface area (Å²) < 4.78 is 8.01. The van der Waals surface area contributed by atoms with E-state index in [1.165, 1.54) is 31.2 Å². The van der Waals surface area contributed by atoms with Gasteiger partial charge < -0.3 is 19.6 Å². The van der Waals surface area contributed by atoms with Gasteiger partial charge in [0.2, 0.25) is 0 Å². The predicted molar refractivity (Wildman–Crippen MR) is 110 cm³/mol. The molecule has 0 saturated heterocycles. The monoisotopic (exact) mass is 380 g/mol. The van der Waals surface area contributed by atoms with Gasteiger partial charge in [-0.3, -0.25) is 0 Å². The number of aliphatic imine (C=N–C) groups is 1. The Balaban J connectivity index is 1.49. The van der Waals surface area contributed by atoms with Gasteiger partial charge in [-0.25, -0.2) is 4.99 Å². The average molecular weight is 380 g/mol. The van der Waals surface area contributed by atoms with Crippen LogP contribution in [0.5, 0.6) is 0 Å². The third-order valence-electron chi connectivity index (χ3n) is 5.62. The van der Waals surface area contributed by atoms with Crippen molar-refractivity contribution < 1.29 is 4.42 Å². The van der Waals surface area contributed by atoms with Gasteiger partial charge >= 0.3 is 0 Å². The minimum Gasteiger partial charge on any atom is -0.459 e. The van der Waals surface area contributed by atoms with Gasteiger partial charge in [0.1, 0.15) is 23.7 Å². The van der Waals surface area contributed by atoms with Gasteiger partial charge in [0.05, 0.1) is 6.54 Å². The van der Waals surface area contributed by atoms with Crippen molar-refractivity contribution >= 4 is 16.9 Å². The fourth-order valence-corrected chi connectivity index (χ4v) is 3.71. The third-order valence-corrected chi connectivity index (χ3v) is 5.62. The van der Waals surface area contributed by atoms with Crippen molar-refractivity contribution in [2.45, 2.75) is 58.7 Å². The summed E-state index contributed by atoms with van der Waals surface area (Å²) in [6, 6.07) is 8.62. The quantitative estimate of drug-likeness (QED) is 0.524. The molecule has 2 N–H and O–H groups in total. The highest BCUT2D eigenvalue weighted by atomic mass is 16.3. The van der Waals surface area contributed by atoms with Crippen LogP contribution in [-0.2, 0) is 20.1 Å². The molecule has 1 aromatic carbocycles. The first-order valence-electron chi connectivity index (χ1n) is 9.98. The first-order valence-corrected chi connectivity index (χ1v) is 9.98. The van der Waals surface area contributed by atoms with Gasteiger partial charge in [0.15, 0.2) is 11.8 Å². The zero-order valence-electron chi connectivity index (χ0n) is 16.8. The molecule has 0 aliphatic heterocycles. The SMILES string of the molecule is Cc1c(CNC(=NCc2nnc(C)n2C)NC2CCCC2)oc2ccccc12. The third kappa shape index (κ3) is 3.88.